The predicted octanol–water partition coefficient (Wildman–Crippen LogP) is 3.59. The fourth-order valence-corrected chi connectivity index (χ4v) is 2.94. The summed E-state index contributed by atoms with van der Waals surface area (Å²) in [6.07, 6.45) is 2.03. The van der Waals surface area contributed by atoms with Crippen molar-refractivity contribution in [3.8, 4) is 0 Å². The molecule has 0 aromatic heterocycles. The molecule has 2 rings (SSSR count). The molecule has 0 spiro atoms. The fraction of sp³-hybridized carbons (Fsp3) is 0.571. The Hall–Kier alpha value is -0.870. The van der Waals surface area contributed by atoms with Crippen molar-refractivity contribution in [2.45, 2.75) is 38.8 Å². The van der Waals surface area contributed by atoms with Gasteiger partial charge < -0.3 is 10.2 Å². The molecule has 5 heteroatoms. The highest BCUT2D eigenvalue weighted by Crippen LogP contribution is 2.32. The minimum absolute atomic E-state index is 0.141. The third kappa shape index (κ3) is 3.57. The minimum atomic E-state index is -0.639. The van der Waals surface area contributed by atoms with E-state index in [1.54, 1.807) is 0 Å². The first-order valence-electron chi connectivity index (χ1n) is 6.63. The summed E-state index contributed by atoms with van der Waals surface area (Å²) in [5.74, 6) is -1.23. The predicted molar refractivity (Wildman–Crippen MR) is 74.9 cm³/mol. The number of nitrogens with one attached hydrogen (secondary N) is 1. The molecule has 0 radical (unpaired) electrons. The highest BCUT2D eigenvalue weighted by Gasteiger charge is 2.24. The first kappa shape index (κ1) is 14.5. The van der Waals surface area contributed by atoms with Crippen molar-refractivity contribution in [3.05, 3.63) is 28.8 Å². The van der Waals surface area contributed by atoms with Crippen LogP contribution in [0.25, 0.3) is 0 Å². The van der Waals surface area contributed by atoms with E-state index in [1.165, 1.54) is 6.07 Å². The summed E-state index contributed by atoms with van der Waals surface area (Å²) in [6.45, 7) is 5.62. The molecular formula is C14H19ClF2N2. The number of nitrogens with zero attached hydrogens (tertiary/aromatic N) is 1. The van der Waals surface area contributed by atoms with Gasteiger partial charge in [-0.25, -0.2) is 8.78 Å². The summed E-state index contributed by atoms with van der Waals surface area (Å²) < 4.78 is 27.0. The maximum absolute atomic E-state index is 13.9. The first-order chi connectivity index (χ1) is 8.97. The Kier molecular flexibility index (Phi) is 4.63. The summed E-state index contributed by atoms with van der Waals surface area (Å²) >= 11 is 5.98. The van der Waals surface area contributed by atoms with E-state index in [0.29, 0.717) is 24.3 Å². The van der Waals surface area contributed by atoms with E-state index in [1.807, 2.05) is 4.90 Å². The van der Waals surface area contributed by atoms with Gasteiger partial charge in [0.2, 0.25) is 0 Å². The quantitative estimate of drug-likeness (QED) is 0.914. The van der Waals surface area contributed by atoms with Crippen molar-refractivity contribution in [1.82, 2.24) is 5.32 Å². The molecule has 19 heavy (non-hydrogen) atoms. The molecule has 106 valence electrons. The molecule has 1 fully saturated rings. The van der Waals surface area contributed by atoms with Gasteiger partial charge in [0.05, 0.1) is 10.7 Å². The molecule has 1 N–H and O–H groups in total. The van der Waals surface area contributed by atoms with E-state index < -0.39 is 11.6 Å². The third-order valence-electron chi connectivity index (χ3n) is 3.29. The van der Waals surface area contributed by atoms with Gasteiger partial charge in [0.15, 0.2) is 5.82 Å². The molecule has 1 aliphatic heterocycles. The van der Waals surface area contributed by atoms with Gasteiger partial charge in [-0.2, -0.15) is 0 Å². The van der Waals surface area contributed by atoms with Crippen LogP contribution in [0, 0.1) is 11.6 Å². The van der Waals surface area contributed by atoms with Gasteiger partial charge in [0.1, 0.15) is 5.82 Å². The number of anilines is 1. The van der Waals surface area contributed by atoms with Crippen molar-refractivity contribution >= 4 is 17.3 Å². The Morgan fingerprint density at radius 2 is 2.11 bits per heavy atom. The lowest BCUT2D eigenvalue weighted by molar-refractivity contribution is 0.392. The maximum atomic E-state index is 13.9. The zero-order valence-corrected chi connectivity index (χ0v) is 12.0. The Bertz CT molecular complexity index is 428. The third-order valence-corrected chi connectivity index (χ3v) is 3.58. The van der Waals surface area contributed by atoms with E-state index in [2.05, 4.69) is 19.2 Å². The van der Waals surface area contributed by atoms with Crippen LogP contribution in [0.15, 0.2) is 12.1 Å². The molecule has 1 aromatic carbocycles. The molecule has 1 unspecified atom stereocenters. The van der Waals surface area contributed by atoms with Crippen molar-refractivity contribution in [3.63, 3.8) is 0 Å². The maximum Gasteiger partial charge on any atom is 0.150 e. The lowest BCUT2D eigenvalue weighted by Gasteiger charge is -2.36. The molecule has 1 atom stereocenters. The zero-order chi connectivity index (χ0) is 14.0. The molecule has 1 saturated heterocycles. The summed E-state index contributed by atoms with van der Waals surface area (Å²) in [6, 6.07) is 2.76. The summed E-state index contributed by atoms with van der Waals surface area (Å²) in [4.78, 5) is 1.90. The second-order valence-corrected chi connectivity index (χ2v) is 5.73. The van der Waals surface area contributed by atoms with E-state index in [9.17, 15) is 8.78 Å². The Labute approximate surface area is 117 Å². The van der Waals surface area contributed by atoms with Gasteiger partial charge in [-0.05, 0) is 18.9 Å². The average Bonchev–Trinajstić information content (AvgIpc) is 2.26. The smallest absolute Gasteiger partial charge is 0.150 e. The van der Waals surface area contributed by atoms with Crippen LogP contribution in [-0.2, 0) is 0 Å². The van der Waals surface area contributed by atoms with Crippen LogP contribution in [0.3, 0.4) is 0 Å². The number of hydrogen-bond donors (Lipinski definition) is 1. The molecule has 2 nitrogen and oxygen atoms in total. The summed E-state index contributed by atoms with van der Waals surface area (Å²) in [5.41, 5.74) is 0.318. The normalized spacial score (nSPS) is 20.1. The SMILES string of the molecule is CC(C)NC1CCCN(c2c(F)cc(F)cc2Cl)C1. The van der Waals surface area contributed by atoms with Gasteiger partial charge >= 0.3 is 0 Å². The van der Waals surface area contributed by atoms with E-state index in [4.69, 9.17) is 11.6 Å². The highest BCUT2D eigenvalue weighted by atomic mass is 35.5. The monoisotopic (exact) mass is 288 g/mol. The number of rotatable bonds is 3. The second-order valence-electron chi connectivity index (χ2n) is 5.32. The number of hydrogen-bond acceptors (Lipinski definition) is 2. The van der Waals surface area contributed by atoms with Gasteiger partial charge in [-0.15, -0.1) is 0 Å². The van der Waals surface area contributed by atoms with Crippen LogP contribution in [0.5, 0.6) is 0 Å². The number of piperidine rings is 1. The van der Waals surface area contributed by atoms with Crippen LogP contribution in [0.1, 0.15) is 26.7 Å². The molecule has 1 aliphatic rings. The molecule has 0 amide bonds. The molecule has 0 saturated carbocycles. The Morgan fingerprint density at radius 3 is 2.74 bits per heavy atom. The average molecular weight is 289 g/mol. The summed E-state index contributed by atoms with van der Waals surface area (Å²) in [5, 5.41) is 3.59. The van der Waals surface area contributed by atoms with Crippen molar-refractivity contribution < 1.29 is 8.78 Å². The van der Waals surface area contributed by atoms with Gasteiger partial charge in [-0.3, -0.25) is 0 Å². The lowest BCUT2D eigenvalue weighted by atomic mass is 10.0. The standard InChI is InChI=1S/C14H19ClF2N2/c1-9(2)18-11-4-3-5-19(8-11)14-12(15)6-10(16)7-13(14)17/h6-7,9,11,18H,3-5,8H2,1-2H3. The van der Waals surface area contributed by atoms with Crippen molar-refractivity contribution in [2.24, 2.45) is 0 Å². The van der Waals surface area contributed by atoms with Gasteiger partial charge in [0.25, 0.3) is 0 Å². The van der Waals surface area contributed by atoms with Crippen LogP contribution >= 0.6 is 11.6 Å². The van der Waals surface area contributed by atoms with E-state index in [0.717, 1.165) is 25.5 Å². The van der Waals surface area contributed by atoms with E-state index in [-0.39, 0.29) is 5.02 Å². The molecule has 1 heterocycles. The van der Waals surface area contributed by atoms with Gasteiger partial charge in [-0.1, -0.05) is 25.4 Å². The Morgan fingerprint density at radius 1 is 1.37 bits per heavy atom. The molecule has 1 aromatic rings. The molecule has 0 aliphatic carbocycles. The van der Waals surface area contributed by atoms with Gasteiger partial charge in [0, 0.05) is 31.2 Å². The lowest BCUT2D eigenvalue weighted by Crippen LogP contribution is -2.48. The topological polar surface area (TPSA) is 15.3 Å². The first-order valence-corrected chi connectivity index (χ1v) is 7.00. The minimum Gasteiger partial charge on any atom is -0.366 e. The summed E-state index contributed by atoms with van der Waals surface area (Å²) in [7, 11) is 0. The highest BCUT2D eigenvalue weighted by molar-refractivity contribution is 6.33. The second kappa shape index (κ2) is 6.06. The largest absolute Gasteiger partial charge is 0.366 e. The fourth-order valence-electron chi connectivity index (χ4n) is 2.62. The zero-order valence-electron chi connectivity index (χ0n) is 11.2. The number of halogens is 3. The van der Waals surface area contributed by atoms with Crippen LogP contribution in [0.4, 0.5) is 14.5 Å². The van der Waals surface area contributed by atoms with Crippen LogP contribution in [-0.4, -0.2) is 25.2 Å². The molecular weight excluding hydrogens is 270 g/mol. The molecule has 0 bridgehead atoms. The van der Waals surface area contributed by atoms with Crippen molar-refractivity contribution in [1.29, 1.82) is 0 Å². The van der Waals surface area contributed by atoms with E-state index >= 15 is 0 Å². The van der Waals surface area contributed by atoms with Crippen LogP contribution < -0.4 is 10.2 Å². The Balaban J connectivity index is 2.17. The number of benzene rings is 1. The van der Waals surface area contributed by atoms with Crippen molar-refractivity contribution in [2.75, 3.05) is 18.0 Å². The van der Waals surface area contributed by atoms with Crippen LogP contribution in [0.2, 0.25) is 5.02 Å².